The van der Waals surface area contributed by atoms with Crippen LogP contribution in [0.3, 0.4) is 0 Å². The molecule has 48 heavy (non-hydrogen) atoms. The fourth-order valence-electron chi connectivity index (χ4n) is 5.51. The molecule has 1 heteroatoms. The molecule has 0 radical (unpaired) electrons. The highest BCUT2D eigenvalue weighted by Gasteiger charge is 2.12. The summed E-state index contributed by atoms with van der Waals surface area (Å²) in [7, 11) is 0. The second-order valence-corrected chi connectivity index (χ2v) is 12.0. The van der Waals surface area contributed by atoms with Gasteiger partial charge in [0.05, 0.1) is 0 Å². The summed E-state index contributed by atoms with van der Waals surface area (Å²) < 4.78 is 0. The quantitative estimate of drug-likeness (QED) is 0.140. The molecule has 5 aromatic carbocycles. The monoisotopic (exact) mass is 625 g/mol. The van der Waals surface area contributed by atoms with Crippen molar-refractivity contribution < 1.29 is 0 Å². The lowest BCUT2D eigenvalue weighted by molar-refractivity contribution is 1.14. The van der Waals surface area contributed by atoms with Crippen LogP contribution >= 0.6 is 0 Å². The Hall–Kier alpha value is -5.66. The average molecular weight is 626 g/mol. The van der Waals surface area contributed by atoms with Gasteiger partial charge in [0.2, 0.25) is 0 Å². The normalized spacial score (nSPS) is 10.9. The van der Waals surface area contributed by atoms with Gasteiger partial charge in [-0.15, -0.1) is 0 Å². The van der Waals surface area contributed by atoms with Crippen LogP contribution in [-0.2, 0) is 0 Å². The second kappa shape index (κ2) is 17.3. The summed E-state index contributed by atoms with van der Waals surface area (Å²) in [5.74, 6) is 0. The van der Waals surface area contributed by atoms with Crippen molar-refractivity contribution in [1.82, 2.24) is 0 Å². The van der Waals surface area contributed by atoms with Crippen LogP contribution in [0.4, 0.5) is 5.69 Å². The molecule has 0 unspecified atom stereocenters. The van der Waals surface area contributed by atoms with Crippen LogP contribution in [0.1, 0.15) is 37.5 Å². The molecule has 0 amide bonds. The van der Waals surface area contributed by atoms with E-state index in [0.29, 0.717) is 0 Å². The zero-order valence-corrected chi connectivity index (χ0v) is 29.1. The van der Waals surface area contributed by atoms with Crippen molar-refractivity contribution in [2.45, 2.75) is 34.6 Å². The predicted molar refractivity (Wildman–Crippen MR) is 213 cm³/mol. The van der Waals surface area contributed by atoms with Gasteiger partial charge in [0, 0.05) is 17.1 Å². The number of hydrogen-bond acceptors (Lipinski definition) is 1. The molecule has 240 valence electrons. The van der Waals surface area contributed by atoms with E-state index in [0.717, 1.165) is 17.1 Å². The van der Waals surface area contributed by atoms with Crippen molar-refractivity contribution in [3.8, 4) is 33.4 Å². The highest BCUT2D eigenvalue weighted by Crippen LogP contribution is 2.30. The minimum Gasteiger partial charge on any atom is -0.311 e. The number of hydrogen-bond donors (Lipinski definition) is 0. The first-order valence-corrected chi connectivity index (χ1v) is 16.4. The highest BCUT2D eigenvalue weighted by atomic mass is 15.1. The van der Waals surface area contributed by atoms with Gasteiger partial charge in [0.15, 0.2) is 0 Å². The van der Waals surface area contributed by atoms with Gasteiger partial charge < -0.3 is 4.90 Å². The van der Waals surface area contributed by atoms with Crippen LogP contribution < -0.4 is 4.90 Å². The van der Waals surface area contributed by atoms with E-state index in [4.69, 9.17) is 0 Å². The highest BCUT2D eigenvalue weighted by molar-refractivity contribution is 5.75. The molecule has 0 aliphatic heterocycles. The first kappa shape index (κ1) is 35.2. The molecular weight excluding hydrogens is 579 g/mol. The lowest BCUT2D eigenvalue weighted by Gasteiger charge is -2.26. The van der Waals surface area contributed by atoms with Crippen molar-refractivity contribution >= 4 is 11.8 Å². The van der Waals surface area contributed by atoms with Gasteiger partial charge in [0.1, 0.15) is 0 Å². The minimum atomic E-state index is 0.820. The molecule has 0 bridgehead atoms. The Morgan fingerprint density at radius 2 is 1.17 bits per heavy atom. The first-order chi connectivity index (χ1) is 23.2. The Morgan fingerprint density at radius 1 is 0.625 bits per heavy atom. The minimum absolute atomic E-state index is 0.820. The van der Waals surface area contributed by atoms with E-state index < -0.39 is 0 Å². The van der Waals surface area contributed by atoms with Crippen molar-refractivity contribution in [2.75, 3.05) is 4.90 Å². The fourth-order valence-corrected chi connectivity index (χ4v) is 5.51. The third-order valence-electron chi connectivity index (χ3n) is 7.95. The third kappa shape index (κ3) is 9.44. The lowest BCUT2D eigenvalue weighted by atomic mass is 9.97. The van der Waals surface area contributed by atoms with E-state index in [9.17, 15) is 0 Å². The summed E-state index contributed by atoms with van der Waals surface area (Å²) >= 11 is 0. The number of allylic oxidation sites excluding steroid dienone is 6. The molecular formula is C47H47N. The third-order valence-corrected chi connectivity index (χ3v) is 7.95. The van der Waals surface area contributed by atoms with Crippen molar-refractivity contribution in [2.24, 2.45) is 0 Å². The van der Waals surface area contributed by atoms with Gasteiger partial charge in [-0.1, -0.05) is 147 Å². The molecule has 0 saturated heterocycles. The van der Waals surface area contributed by atoms with Gasteiger partial charge in [-0.3, -0.25) is 0 Å². The average Bonchev–Trinajstić information content (AvgIpc) is 3.11. The van der Waals surface area contributed by atoms with Gasteiger partial charge in [-0.25, -0.2) is 0 Å². The zero-order valence-electron chi connectivity index (χ0n) is 29.1. The molecule has 0 N–H and O–H groups in total. The Labute approximate surface area is 288 Å². The number of aryl methyl sites for hydroxylation is 2. The second-order valence-electron chi connectivity index (χ2n) is 12.0. The number of anilines is 1. The van der Waals surface area contributed by atoms with Crippen LogP contribution in [0.2, 0.25) is 0 Å². The van der Waals surface area contributed by atoms with E-state index in [2.05, 4.69) is 180 Å². The number of benzene rings is 5. The summed E-state index contributed by atoms with van der Waals surface area (Å²) in [4.78, 5) is 2.08. The molecule has 0 atom stereocenters. The SMILES string of the molecule is C=C/C=C\C(=C/C)N(C(=C)C=C)c1ccc(-c2ccc(C)c(C=C(C)C)c2)cc1.Cc1cc(-c2ccccc2)cc(-c2ccccc2)c1. The van der Waals surface area contributed by atoms with Crippen molar-refractivity contribution in [1.29, 1.82) is 0 Å². The van der Waals surface area contributed by atoms with E-state index in [-0.39, 0.29) is 0 Å². The molecule has 0 aliphatic rings. The van der Waals surface area contributed by atoms with Gasteiger partial charge >= 0.3 is 0 Å². The molecule has 0 aliphatic carbocycles. The van der Waals surface area contributed by atoms with E-state index in [1.807, 2.05) is 25.2 Å². The molecule has 0 heterocycles. The largest absolute Gasteiger partial charge is 0.311 e. The summed E-state index contributed by atoms with van der Waals surface area (Å²) in [5, 5.41) is 0. The van der Waals surface area contributed by atoms with Crippen molar-refractivity contribution in [3.63, 3.8) is 0 Å². The maximum absolute atomic E-state index is 4.16. The molecule has 0 aromatic heterocycles. The smallest absolute Gasteiger partial charge is 0.0461 e. The van der Waals surface area contributed by atoms with Crippen LogP contribution in [-0.4, -0.2) is 0 Å². The summed E-state index contributed by atoms with van der Waals surface area (Å²) in [5.41, 5.74) is 15.5. The van der Waals surface area contributed by atoms with E-state index >= 15 is 0 Å². The number of rotatable bonds is 10. The fraction of sp³-hybridized carbons (Fsp3) is 0.106. The van der Waals surface area contributed by atoms with Gasteiger partial charge in [0.25, 0.3) is 0 Å². The molecule has 0 saturated carbocycles. The van der Waals surface area contributed by atoms with E-state index in [1.54, 1.807) is 12.2 Å². The summed E-state index contributed by atoms with van der Waals surface area (Å²) in [6, 6.07) is 43.0. The Morgan fingerprint density at radius 3 is 1.67 bits per heavy atom. The predicted octanol–water partition coefficient (Wildman–Crippen LogP) is 13.6. The standard InChI is InChI=1S/C28H31N.C19H16/c1-8-11-12-27(10-3)29(23(7)9-2)28-17-15-24(16-18-28)25-14-13-22(6)26(20-25)19-21(4)5;1-15-12-18(16-8-4-2-5-9-16)14-19(13-15)17-10-6-3-7-11-17/h8-20H,1-2,7H2,3-6H3;2-14H,1H3/b12-11-,27-10+;. The molecule has 1 nitrogen and oxygen atoms in total. The number of nitrogens with zero attached hydrogens (tertiary/aromatic N) is 1. The maximum Gasteiger partial charge on any atom is 0.0461 e. The van der Waals surface area contributed by atoms with Crippen LogP contribution in [0.25, 0.3) is 39.5 Å². The first-order valence-electron chi connectivity index (χ1n) is 16.4. The topological polar surface area (TPSA) is 3.24 Å². The van der Waals surface area contributed by atoms with Crippen LogP contribution in [0.15, 0.2) is 188 Å². The Kier molecular flexibility index (Phi) is 12.7. The van der Waals surface area contributed by atoms with Gasteiger partial charge in [-0.2, -0.15) is 0 Å². The van der Waals surface area contributed by atoms with Crippen LogP contribution in [0.5, 0.6) is 0 Å². The van der Waals surface area contributed by atoms with Gasteiger partial charge in [-0.05, 0) is 121 Å². The molecule has 0 spiro atoms. The summed E-state index contributed by atoms with van der Waals surface area (Å²) in [6.07, 6.45) is 11.8. The molecule has 5 rings (SSSR count). The molecule has 0 fully saturated rings. The lowest BCUT2D eigenvalue weighted by Crippen LogP contribution is -2.18. The molecule has 5 aromatic rings. The Balaban J connectivity index is 0.000000235. The zero-order chi connectivity index (χ0) is 34.5. The van der Waals surface area contributed by atoms with Crippen molar-refractivity contribution in [3.05, 3.63) is 205 Å². The Bertz CT molecular complexity index is 1870. The summed E-state index contributed by atoms with van der Waals surface area (Å²) in [6.45, 7) is 22.4. The maximum atomic E-state index is 4.16. The van der Waals surface area contributed by atoms with E-state index in [1.165, 1.54) is 55.6 Å². The van der Waals surface area contributed by atoms with Crippen LogP contribution in [0, 0.1) is 13.8 Å².